The normalized spacial score (nSPS) is 24.5. The first-order valence-electron chi connectivity index (χ1n) is 11.1. The van der Waals surface area contributed by atoms with Crippen LogP contribution in [-0.2, 0) is 16.8 Å². The Labute approximate surface area is 175 Å². The van der Waals surface area contributed by atoms with Crippen molar-refractivity contribution >= 4 is 5.91 Å². The molecule has 0 radical (unpaired) electrons. The van der Waals surface area contributed by atoms with Crippen LogP contribution in [0.4, 0.5) is 0 Å². The number of hydrogen-bond acceptors (Lipinski definition) is 2. The number of amides is 1. The molecule has 3 atom stereocenters. The van der Waals surface area contributed by atoms with Crippen molar-refractivity contribution in [2.75, 3.05) is 6.54 Å². The van der Waals surface area contributed by atoms with E-state index in [0.29, 0.717) is 19.4 Å². The van der Waals surface area contributed by atoms with Crippen molar-refractivity contribution in [3.05, 3.63) is 71.3 Å². The minimum atomic E-state index is -0.856. The highest BCUT2D eigenvalue weighted by molar-refractivity contribution is 5.77. The fourth-order valence-corrected chi connectivity index (χ4v) is 5.10. The Morgan fingerprint density at radius 2 is 1.79 bits per heavy atom. The molecule has 0 saturated carbocycles. The van der Waals surface area contributed by atoms with Gasteiger partial charge in [0.15, 0.2) is 0 Å². The molecule has 29 heavy (non-hydrogen) atoms. The first kappa shape index (κ1) is 21.6. The number of carbonyl (C=O) groups is 1. The molecule has 1 aliphatic heterocycles. The van der Waals surface area contributed by atoms with Gasteiger partial charge in [0.2, 0.25) is 5.91 Å². The number of aliphatic hydroxyl groups is 1. The number of rotatable bonds is 7. The minimum Gasteiger partial charge on any atom is -0.385 e. The largest absolute Gasteiger partial charge is 0.385 e. The van der Waals surface area contributed by atoms with Crippen LogP contribution in [0.15, 0.2) is 54.6 Å². The summed E-state index contributed by atoms with van der Waals surface area (Å²) >= 11 is 0. The Kier molecular flexibility index (Phi) is 7.13. The van der Waals surface area contributed by atoms with Crippen LogP contribution < -0.4 is 0 Å². The van der Waals surface area contributed by atoms with Gasteiger partial charge in [-0.15, -0.1) is 0 Å². The van der Waals surface area contributed by atoms with Crippen molar-refractivity contribution < 1.29 is 9.90 Å². The van der Waals surface area contributed by atoms with E-state index in [9.17, 15) is 9.90 Å². The molecule has 0 aliphatic carbocycles. The van der Waals surface area contributed by atoms with Crippen molar-refractivity contribution in [1.82, 2.24) is 4.90 Å². The molecule has 1 fully saturated rings. The number of aryl methyl sites for hydroxylation is 2. The number of nitrogens with zero attached hydrogens (tertiary/aromatic N) is 1. The standard InChI is InChI=1S/C26H35NO2/c1-4-11-23-24(5-2)27(19-18-26(23,29)22-14-7-6-8-15-22)25(28)17-16-21-13-10-9-12-20(21)3/h6-10,12-15,23-24,29H,4-5,11,16-19H2,1-3H3/t23-,24+,26-/m1/s1. The third-order valence-corrected chi connectivity index (χ3v) is 6.69. The summed E-state index contributed by atoms with van der Waals surface area (Å²) < 4.78 is 0. The van der Waals surface area contributed by atoms with Crippen LogP contribution in [0, 0.1) is 12.8 Å². The summed E-state index contributed by atoms with van der Waals surface area (Å²) in [6.45, 7) is 7.03. The predicted octanol–water partition coefficient (Wildman–Crippen LogP) is 5.24. The number of piperidine rings is 1. The van der Waals surface area contributed by atoms with Crippen LogP contribution in [0.5, 0.6) is 0 Å². The summed E-state index contributed by atoms with van der Waals surface area (Å²) in [5, 5.41) is 11.7. The average Bonchev–Trinajstić information content (AvgIpc) is 2.75. The van der Waals surface area contributed by atoms with Gasteiger partial charge in [-0.05, 0) is 49.3 Å². The van der Waals surface area contributed by atoms with Crippen molar-refractivity contribution in [3.63, 3.8) is 0 Å². The number of hydrogen-bond donors (Lipinski definition) is 1. The fraction of sp³-hybridized carbons (Fsp3) is 0.500. The fourth-order valence-electron chi connectivity index (χ4n) is 5.10. The van der Waals surface area contributed by atoms with E-state index in [2.05, 4.69) is 37.8 Å². The highest BCUT2D eigenvalue weighted by Gasteiger charge is 2.48. The van der Waals surface area contributed by atoms with Crippen LogP contribution in [0.2, 0.25) is 0 Å². The van der Waals surface area contributed by atoms with E-state index in [4.69, 9.17) is 0 Å². The molecular weight excluding hydrogens is 358 g/mol. The molecule has 1 aliphatic rings. The van der Waals surface area contributed by atoms with E-state index in [1.165, 1.54) is 11.1 Å². The number of carbonyl (C=O) groups excluding carboxylic acids is 1. The van der Waals surface area contributed by atoms with E-state index >= 15 is 0 Å². The van der Waals surface area contributed by atoms with Crippen LogP contribution in [0.1, 0.15) is 62.6 Å². The van der Waals surface area contributed by atoms with Gasteiger partial charge in [0, 0.05) is 24.9 Å². The zero-order chi connectivity index (χ0) is 20.9. The lowest BCUT2D eigenvalue weighted by Crippen LogP contribution is -2.57. The molecule has 1 amide bonds. The molecule has 3 heteroatoms. The predicted molar refractivity (Wildman–Crippen MR) is 119 cm³/mol. The van der Waals surface area contributed by atoms with Crippen LogP contribution in [0.3, 0.4) is 0 Å². The molecule has 2 aromatic rings. The van der Waals surface area contributed by atoms with Crippen LogP contribution in [-0.4, -0.2) is 28.5 Å². The smallest absolute Gasteiger partial charge is 0.223 e. The van der Waals surface area contributed by atoms with Gasteiger partial charge in [-0.3, -0.25) is 4.79 Å². The van der Waals surface area contributed by atoms with Crippen LogP contribution in [0.25, 0.3) is 0 Å². The molecule has 0 spiro atoms. The second-order valence-corrected chi connectivity index (χ2v) is 8.42. The van der Waals surface area contributed by atoms with E-state index in [-0.39, 0.29) is 17.9 Å². The summed E-state index contributed by atoms with van der Waals surface area (Å²) in [5.41, 5.74) is 2.62. The van der Waals surface area contributed by atoms with E-state index in [0.717, 1.165) is 31.2 Å². The summed E-state index contributed by atoms with van der Waals surface area (Å²) in [5.74, 6) is 0.285. The molecule has 1 N–H and O–H groups in total. The van der Waals surface area contributed by atoms with Gasteiger partial charge >= 0.3 is 0 Å². The third kappa shape index (κ3) is 4.56. The first-order chi connectivity index (χ1) is 14.0. The maximum absolute atomic E-state index is 13.2. The number of benzene rings is 2. The molecule has 3 nitrogen and oxygen atoms in total. The zero-order valence-electron chi connectivity index (χ0n) is 18.1. The molecule has 1 heterocycles. The summed E-state index contributed by atoms with van der Waals surface area (Å²) in [7, 11) is 0. The molecule has 0 aromatic heterocycles. The summed E-state index contributed by atoms with van der Waals surface area (Å²) in [6, 6.07) is 18.4. The van der Waals surface area contributed by atoms with Crippen molar-refractivity contribution in [1.29, 1.82) is 0 Å². The Bertz CT molecular complexity index is 803. The van der Waals surface area contributed by atoms with E-state index < -0.39 is 5.60 Å². The quantitative estimate of drug-likeness (QED) is 0.698. The highest BCUT2D eigenvalue weighted by Crippen LogP contribution is 2.44. The van der Waals surface area contributed by atoms with Gasteiger partial charge in [0.25, 0.3) is 0 Å². The van der Waals surface area contributed by atoms with Gasteiger partial charge in [0.05, 0.1) is 5.60 Å². The van der Waals surface area contributed by atoms with Gasteiger partial charge in [-0.1, -0.05) is 74.9 Å². The monoisotopic (exact) mass is 393 g/mol. The van der Waals surface area contributed by atoms with E-state index in [1.807, 2.05) is 42.5 Å². The topological polar surface area (TPSA) is 40.5 Å². The minimum absolute atomic E-state index is 0.0658. The van der Waals surface area contributed by atoms with Gasteiger partial charge in [0.1, 0.15) is 0 Å². The third-order valence-electron chi connectivity index (χ3n) is 6.69. The van der Waals surface area contributed by atoms with Gasteiger partial charge in [-0.25, -0.2) is 0 Å². The SMILES string of the molecule is CCC[C@@H]1[C@H](CC)N(C(=O)CCc2ccccc2C)CC[C@@]1(O)c1ccccc1. The molecule has 2 aromatic carbocycles. The number of likely N-dealkylation sites (tertiary alicyclic amines) is 1. The average molecular weight is 394 g/mol. The summed E-state index contributed by atoms with van der Waals surface area (Å²) in [6.07, 6.45) is 4.71. The molecular formula is C26H35NO2. The van der Waals surface area contributed by atoms with Crippen LogP contribution >= 0.6 is 0 Å². The molecule has 0 unspecified atom stereocenters. The van der Waals surface area contributed by atoms with Crippen molar-refractivity contribution in [2.24, 2.45) is 5.92 Å². The molecule has 0 bridgehead atoms. The summed E-state index contributed by atoms with van der Waals surface area (Å²) in [4.78, 5) is 15.3. The lowest BCUT2D eigenvalue weighted by molar-refractivity contribution is -0.151. The first-order valence-corrected chi connectivity index (χ1v) is 11.1. The zero-order valence-corrected chi connectivity index (χ0v) is 18.1. The molecule has 3 rings (SSSR count). The Balaban J connectivity index is 1.79. The lowest BCUT2D eigenvalue weighted by Gasteiger charge is -2.50. The van der Waals surface area contributed by atoms with Gasteiger partial charge in [-0.2, -0.15) is 0 Å². The highest BCUT2D eigenvalue weighted by atomic mass is 16.3. The van der Waals surface area contributed by atoms with E-state index in [1.54, 1.807) is 0 Å². The lowest BCUT2D eigenvalue weighted by atomic mass is 9.69. The maximum atomic E-state index is 13.2. The Morgan fingerprint density at radius 3 is 2.45 bits per heavy atom. The molecule has 156 valence electrons. The molecule has 1 saturated heterocycles. The van der Waals surface area contributed by atoms with Crippen molar-refractivity contribution in [2.45, 2.75) is 70.9 Å². The second-order valence-electron chi connectivity index (χ2n) is 8.42. The maximum Gasteiger partial charge on any atom is 0.223 e. The van der Waals surface area contributed by atoms with Crippen molar-refractivity contribution in [3.8, 4) is 0 Å². The second kappa shape index (κ2) is 9.58. The Hall–Kier alpha value is -2.13. The Morgan fingerprint density at radius 1 is 1.10 bits per heavy atom. The van der Waals surface area contributed by atoms with Gasteiger partial charge < -0.3 is 10.0 Å².